The van der Waals surface area contributed by atoms with Gasteiger partial charge in [0.2, 0.25) is 0 Å². The number of furan rings is 1. The van der Waals surface area contributed by atoms with E-state index in [0.29, 0.717) is 6.04 Å². The molecule has 3 heteroatoms. The Balaban J connectivity index is 2.26. The van der Waals surface area contributed by atoms with Crippen molar-refractivity contribution in [2.45, 2.75) is 26.3 Å². The van der Waals surface area contributed by atoms with Gasteiger partial charge in [0.05, 0.1) is 12.5 Å². The van der Waals surface area contributed by atoms with Gasteiger partial charge in [-0.3, -0.25) is 0 Å². The summed E-state index contributed by atoms with van der Waals surface area (Å²) in [6.45, 7) is 5.24. The third kappa shape index (κ3) is 3.03. The van der Waals surface area contributed by atoms with Gasteiger partial charge in [-0.2, -0.15) is 0 Å². The van der Waals surface area contributed by atoms with E-state index < -0.39 is 0 Å². The summed E-state index contributed by atoms with van der Waals surface area (Å²) in [5, 5.41) is 3.54. The van der Waals surface area contributed by atoms with Crippen LogP contribution in [-0.2, 0) is 6.42 Å². The smallest absolute Gasteiger partial charge is 0.0935 e. The molecule has 0 radical (unpaired) electrons. The molecule has 1 N–H and O–H groups in total. The minimum atomic E-state index is 0.324. The minimum absolute atomic E-state index is 0.324. The third-order valence-corrected chi connectivity index (χ3v) is 4.01. The fourth-order valence-electron chi connectivity index (χ4n) is 2.18. The van der Waals surface area contributed by atoms with E-state index in [2.05, 4.69) is 53.3 Å². The zero-order chi connectivity index (χ0) is 13.0. The molecule has 0 aliphatic carbocycles. The molecule has 0 saturated carbocycles. The number of halogens is 1. The van der Waals surface area contributed by atoms with Gasteiger partial charge in [0.25, 0.3) is 0 Å². The summed E-state index contributed by atoms with van der Waals surface area (Å²) in [5.41, 5.74) is 3.86. The van der Waals surface area contributed by atoms with E-state index in [4.69, 9.17) is 4.42 Å². The molecular formula is C15H18BrNO. The standard InChI is InChI=1S/C15H18BrNO/c1-3-17-15(9-12-7-8-18-10-12)13-5-4-6-14(16)11(13)2/h4-8,10,15,17H,3,9H2,1-2H3. The van der Waals surface area contributed by atoms with Gasteiger partial charge in [-0.25, -0.2) is 0 Å². The first kappa shape index (κ1) is 13.4. The van der Waals surface area contributed by atoms with E-state index in [1.165, 1.54) is 16.7 Å². The fraction of sp³-hybridized carbons (Fsp3) is 0.333. The van der Waals surface area contributed by atoms with Gasteiger partial charge in [-0.1, -0.05) is 35.0 Å². The Hall–Kier alpha value is -1.06. The summed E-state index contributed by atoms with van der Waals surface area (Å²) in [7, 11) is 0. The SMILES string of the molecule is CCNC(Cc1ccoc1)c1cccc(Br)c1C. The first-order chi connectivity index (χ1) is 8.72. The lowest BCUT2D eigenvalue weighted by atomic mass is 9.96. The van der Waals surface area contributed by atoms with Crippen molar-refractivity contribution < 1.29 is 4.42 Å². The molecule has 0 saturated heterocycles. The van der Waals surface area contributed by atoms with Gasteiger partial charge in [0.15, 0.2) is 0 Å². The number of likely N-dealkylation sites (N-methyl/N-ethyl adjacent to an activating group) is 1. The molecule has 1 heterocycles. The van der Waals surface area contributed by atoms with Crippen LogP contribution in [0.25, 0.3) is 0 Å². The number of nitrogens with one attached hydrogen (secondary N) is 1. The molecule has 2 rings (SSSR count). The van der Waals surface area contributed by atoms with Crippen LogP contribution in [0.2, 0.25) is 0 Å². The van der Waals surface area contributed by atoms with Crippen molar-refractivity contribution >= 4 is 15.9 Å². The highest BCUT2D eigenvalue weighted by molar-refractivity contribution is 9.10. The Bertz CT molecular complexity index is 493. The Morgan fingerprint density at radius 2 is 2.17 bits per heavy atom. The van der Waals surface area contributed by atoms with Crippen molar-refractivity contribution in [1.82, 2.24) is 5.32 Å². The molecule has 2 nitrogen and oxygen atoms in total. The van der Waals surface area contributed by atoms with Gasteiger partial charge in [-0.05, 0) is 48.7 Å². The molecule has 18 heavy (non-hydrogen) atoms. The second-order valence-electron chi connectivity index (χ2n) is 4.40. The molecule has 96 valence electrons. The molecule has 2 aromatic rings. The maximum Gasteiger partial charge on any atom is 0.0935 e. The zero-order valence-electron chi connectivity index (χ0n) is 10.7. The quantitative estimate of drug-likeness (QED) is 0.893. The number of rotatable bonds is 5. The number of benzene rings is 1. The maximum atomic E-state index is 5.15. The van der Waals surface area contributed by atoms with Gasteiger partial charge in [0, 0.05) is 10.5 Å². The summed E-state index contributed by atoms with van der Waals surface area (Å²) in [6, 6.07) is 8.71. The van der Waals surface area contributed by atoms with Crippen molar-refractivity contribution in [1.29, 1.82) is 0 Å². The zero-order valence-corrected chi connectivity index (χ0v) is 12.3. The van der Waals surface area contributed by atoms with Crippen LogP contribution in [-0.4, -0.2) is 6.54 Å². The van der Waals surface area contributed by atoms with Crippen LogP contribution in [0, 0.1) is 6.92 Å². The van der Waals surface area contributed by atoms with E-state index in [1.807, 2.05) is 12.3 Å². The number of hydrogen-bond acceptors (Lipinski definition) is 2. The Morgan fingerprint density at radius 3 is 2.83 bits per heavy atom. The monoisotopic (exact) mass is 307 g/mol. The summed E-state index contributed by atoms with van der Waals surface area (Å²) in [5.74, 6) is 0. The molecule has 1 unspecified atom stereocenters. The molecule has 0 aliphatic heterocycles. The van der Waals surface area contributed by atoms with Crippen molar-refractivity contribution in [3.63, 3.8) is 0 Å². The van der Waals surface area contributed by atoms with Crippen molar-refractivity contribution in [2.75, 3.05) is 6.54 Å². The van der Waals surface area contributed by atoms with Crippen LogP contribution in [0.1, 0.15) is 29.7 Å². The molecule has 0 spiro atoms. The topological polar surface area (TPSA) is 25.2 Å². The van der Waals surface area contributed by atoms with Crippen LogP contribution in [0.5, 0.6) is 0 Å². The summed E-state index contributed by atoms with van der Waals surface area (Å²) >= 11 is 3.60. The molecular weight excluding hydrogens is 290 g/mol. The summed E-state index contributed by atoms with van der Waals surface area (Å²) in [4.78, 5) is 0. The van der Waals surface area contributed by atoms with Crippen LogP contribution < -0.4 is 5.32 Å². The van der Waals surface area contributed by atoms with E-state index in [-0.39, 0.29) is 0 Å². The van der Waals surface area contributed by atoms with Crippen molar-refractivity contribution in [3.05, 3.63) is 58.0 Å². The molecule has 1 aromatic heterocycles. The Labute approximate surface area is 117 Å². The second-order valence-corrected chi connectivity index (χ2v) is 5.25. The molecule has 0 aliphatic rings. The van der Waals surface area contributed by atoms with Crippen molar-refractivity contribution in [3.8, 4) is 0 Å². The highest BCUT2D eigenvalue weighted by Gasteiger charge is 2.15. The van der Waals surface area contributed by atoms with Gasteiger partial charge >= 0.3 is 0 Å². The third-order valence-electron chi connectivity index (χ3n) is 3.16. The predicted octanol–water partition coefficient (Wildman–Crippen LogP) is 4.24. The Kier molecular flexibility index (Phi) is 4.61. The number of hydrogen-bond donors (Lipinski definition) is 1. The first-order valence-corrected chi connectivity index (χ1v) is 7.01. The van der Waals surface area contributed by atoms with Gasteiger partial charge < -0.3 is 9.73 Å². The minimum Gasteiger partial charge on any atom is -0.472 e. The van der Waals surface area contributed by atoms with Crippen LogP contribution in [0.3, 0.4) is 0 Å². The van der Waals surface area contributed by atoms with E-state index in [0.717, 1.165) is 17.4 Å². The van der Waals surface area contributed by atoms with Crippen LogP contribution in [0.4, 0.5) is 0 Å². The first-order valence-electron chi connectivity index (χ1n) is 6.21. The predicted molar refractivity (Wildman–Crippen MR) is 77.7 cm³/mol. The van der Waals surface area contributed by atoms with Crippen LogP contribution >= 0.6 is 15.9 Å². The second kappa shape index (κ2) is 6.21. The van der Waals surface area contributed by atoms with E-state index in [1.54, 1.807) is 6.26 Å². The maximum absolute atomic E-state index is 5.15. The highest BCUT2D eigenvalue weighted by Crippen LogP contribution is 2.27. The van der Waals surface area contributed by atoms with Crippen LogP contribution in [0.15, 0.2) is 45.7 Å². The average Bonchev–Trinajstić information content (AvgIpc) is 2.85. The molecule has 0 amide bonds. The average molecular weight is 308 g/mol. The van der Waals surface area contributed by atoms with E-state index >= 15 is 0 Å². The van der Waals surface area contributed by atoms with Crippen molar-refractivity contribution in [2.24, 2.45) is 0 Å². The van der Waals surface area contributed by atoms with Gasteiger partial charge in [-0.15, -0.1) is 0 Å². The Morgan fingerprint density at radius 1 is 1.33 bits per heavy atom. The lowest BCUT2D eigenvalue weighted by Gasteiger charge is -2.20. The van der Waals surface area contributed by atoms with E-state index in [9.17, 15) is 0 Å². The summed E-state index contributed by atoms with van der Waals surface area (Å²) < 4.78 is 6.31. The molecule has 1 aromatic carbocycles. The lowest BCUT2D eigenvalue weighted by Crippen LogP contribution is -2.23. The normalized spacial score (nSPS) is 12.6. The molecule has 0 fully saturated rings. The highest BCUT2D eigenvalue weighted by atomic mass is 79.9. The lowest BCUT2D eigenvalue weighted by molar-refractivity contribution is 0.533. The molecule has 0 bridgehead atoms. The van der Waals surface area contributed by atoms with Gasteiger partial charge in [0.1, 0.15) is 0 Å². The molecule has 1 atom stereocenters. The summed E-state index contributed by atoms with van der Waals surface area (Å²) in [6.07, 6.45) is 4.49. The fourth-order valence-corrected chi connectivity index (χ4v) is 2.57. The largest absolute Gasteiger partial charge is 0.472 e.